The lowest BCUT2D eigenvalue weighted by Gasteiger charge is -2.18. The van der Waals surface area contributed by atoms with Crippen LogP contribution in [0.1, 0.15) is 30.2 Å². The molecule has 26 heavy (non-hydrogen) atoms. The van der Waals surface area contributed by atoms with Gasteiger partial charge in [-0.25, -0.2) is 9.97 Å². The number of benzene rings is 1. The third-order valence-corrected chi connectivity index (χ3v) is 7.16. The Kier molecular flexibility index (Phi) is 5.67. The smallest absolute Gasteiger partial charge is 0.128 e. The fourth-order valence-corrected chi connectivity index (χ4v) is 5.79. The van der Waals surface area contributed by atoms with E-state index in [-0.39, 0.29) is 0 Å². The van der Waals surface area contributed by atoms with E-state index in [4.69, 9.17) is 16.3 Å². The Hall–Kier alpha value is -1.30. The van der Waals surface area contributed by atoms with Gasteiger partial charge in [-0.15, -0.1) is 23.1 Å². The molecule has 0 spiro atoms. The molecular weight excluding hydrogens is 384 g/mol. The minimum atomic E-state index is 0.697. The van der Waals surface area contributed by atoms with Crippen molar-refractivity contribution >= 4 is 44.9 Å². The van der Waals surface area contributed by atoms with Gasteiger partial charge in [0.25, 0.3) is 0 Å². The first-order chi connectivity index (χ1) is 12.7. The minimum Gasteiger partial charge on any atom is -0.494 e. The second-order valence-corrected chi connectivity index (χ2v) is 9.32. The summed E-state index contributed by atoms with van der Waals surface area (Å²) in [5.74, 6) is 2.63. The predicted octanol–water partition coefficient (Wildman–Crippen LogP) is 6.03. The highest BCUT2D eigenvalue weighted by molar-refractivity contribution is 7.99. The van der Waals surface area contributed by atoms with Crippen molar-refractivity contribution in [2.75, 3.05) is 12.4 Å². The maximum atomic E-state index is 5.89. The normalized spacial score (nSPS) is 16.6. The summed E-state index contributed by atoms with van der Waals surface area (Å²) < 4.78 is 5.77. The van der Waals surface area contributed by atoms with E-state index in [0.717, 1.165) is 45.1 Å². The van der Waals surface area contributed by atoms with Gasteiger partial charge < -0.3 is 4.74 Å². The van der Waals surface area contributed by atoms with Crippen molar-refractivity contribution in [1.82, 2.24) is 9.97 Å². The summed E-state index contributed by atoms with van der Waals surface area (Å²) in [7, 11) is 0. The van der Waals surface area contributed by atoms with Crippen LogP contribution in [0.25, 0.3) is 10.2 Å². The molecule has 1 unspecified atom stereocenters. The summed E-state index contributed by atoms with van der Waals surface area (Å²) >= 11 is 9.57. The van der Waals surface area contributed by atoms with Crippen LogP contribution in [0.2, 0.25) is 5.02 Å². The number of hydrogen-bond acceptors (Lipinski definition) is 5. The lowest BCUT2D eigenvalue weighted by atomic mass is 9.89. The highest BCUT2D eigenvalue weighted by atomic mass is 35.5. The third-order valence-electron chi connectivity index (χ3n) is 4.67. The predicted molar refractivity (Wildman–Crippen MR) is 111 cm³/mol. The first-order valence-electron chi connectivity index (χ1n) is 8.97. The number of thioether (sulfide) groups is 1. The Morgan fingerprint density at radius 1 is 1.27 bits per heavy atom. The van der Waals surface area contributed by atoms with Gasteiger partial charge in [0, 0.05) is 21.0 Å². The first kappa shape index (κ1) is 18.1. The molecule has 0 bridgehead atoms. The van der Waals surface area contributed by atoms with E-state index in [2.05, 4.69) is 16.9 Å². The number of thiophene rings is 1. The van der Waals surface area contributed by atoms with Crippen LogP contribution < -0.4 is 4.74 Å². The Morgan fingerprint density at radius 3 is 2.96 bits per heavy atom. The van der Waals surface area contributed by atoms with Crippen molar-refractivity contribution in [1.29, 1.82) is 0 Å². The molecule has 1 aliphatic rings. The number of fused-ring (bicyclic) bond motifs is 3. The van der Waals surface area contributed by atoms with Gasteiger partial charge in [-0.2, -0.15) is 0 Å². The second-order valence-electron chi connectivity index (χ2n) is 6.72. The second kappa shape index (κ2) is 8.15. The number of nitrogens with zero attached hydrogens (tertiary/aromatic N) is 2. The van der Waals surface area contributed by atoms with E-state index >= 15 is 0 Å². The van der Waals surface area contributed by atoms with Crippen molar-refractivity contribution in [2.24, 2.45) is 5.92 Å². The van der Waals surface area contributed by atoms with Gasteiger partial charge in [0.15, 0.2) is 0 Å². The van der Waals surface area contributed by atoms with Crippen LogP contribution in [0.15, 0.2) is 35.6 Å². The van der Waals surface area contributed by atoms with Crippen LogP contribution in [0, 0.1) is 5.92 Å². The lowest BCUT2D eigenvalue weighted by molar-refractivity contribution is 0.318. The molecule has 2 heterocycles. The minimum absolute atomic E-state index is 0.697. The van der Waals surface area contributed by atoms with Crippen LogP contribution in [-0.2, 0) is 12.8 Å². The van der Waals surface area contributed by atoms with Gasteiger partial charge in [-0.1, -0.05) is 18.5 Å². The molecular formula is C20H21ClN2OS2. The summed E-state index contributed by atoms with van der Waals surface area (Å²) in [6.45, 7) is 3.04. The van der Waals surface area contributed by atoms with Crippen molar-refractivity contribution in [3.05, 3.63) is 46.1 Å². The average molecular weight is 405 g/mol. The fourth-order valence-electron chi connectivity index (χ4n) is 3.30. The zero-order chi connectivity index (χ0) is 17.9. The largest absolute Gasteiger partial charge is 0.494 e. The van der Waals surface area contributed by atoms with E-state index in [9.17, 15) is 0 Å². The SMILES string of the molecule is CC1CCc2c(sc3ncnc(SCCCOc4ccc(Cl)cc4)c23)C1. The molecule has 0 amide bonds. The van der Waals surface area contributed by atoms with Gasteiger partial charge in [0.05, 0.1) is 6.61 Å². The summed E-state index contributed by atoms with van der Waals surface area (Å²) in [5.41, 5.74) is 1.50. The zero-order valence-corrected chi connectivity index (χ0v) is 17.1. The molecule has 3 aromatic rings. The zero-order valence-electron chi connectivity index (χ0n) is 14.7. The van der Waals surface area contributed by atoms with E-state index in [1.54, 1.807) is 6.33 Å². The quantitative estimate of drug-likeness (QED) is 0.285. The summed E-state index contributed by atoms with van der Waals surface area (Å²) in [6, 6.07) is 7.51. The molecule has 0 saturated heterocycles. The lowest BCUT2D eigenvalue weighted by Crippen LogP contribution is -2.08. The van der Waals surface area contributed by atoms with Gasteiger partial charge in [0.1, 0.15) is 21.9 Å². The molecule has 1 atom stereocenters. The van der Waals surface area contributed by atoms with Crippen LogP contribution in [0.4, 0.5) is 0 Å². The highest BCUT2D eigenvalue weighted by Crippen LogP contribution is 2.40. The number of aromatic nitrogens is 2. The van der Waals surface area contributed by atoms with E-state index in [1.807, 2.05) is 47.4 Å². The molecule has 0 saturated carbocycles. The average Bonchev–Trinajstić information content (AvgIpc) is 3.01. The Morgan fingerprint density at radius 2 is 2.12 bits per heavy atom. The number of hydrogen-bond donors (Lipinski definition) is 0. The van der Waals surface area contributed by atoms with Crippen molar-refractivity contribution < 1.29 is 4.74 Å². The van der Waals surface area contributed by atoms with Gasteiger partial charge in [-0.3, -0.25) is 0 Å². The summed E-state index contributed by atoms with van der Waals surface area (Å²) in [4.78, 5) is 11.8. The molecule has 1 aromatic carbocycles. The molecule has 1 aliphatic carbocycles. The monoisotopic (exact) mass is 404 g/mol. The number of ether oxygens (including phenoxy) is 1. The molecule has 0 N–H and O–H groups in total. The van der Waals surface area contributed by atoms with Crippen LogP contribution in [0.3, 0.4) is 0 Å². The fraction of sp³-hybridized carbons (Fsp3) is 0.400. The molecule has 0 radical (unpaired) electrons. The Bertz CT molecular complexity index is 895. The molecule has 4 rings (SSSR count). The molecule has 2 aromatic heterocycles. The highest BCUT2D eigenvalue weighted by Gasteiger charge is 2.23. The topological polar surface area (TPSA) is 35.0 Å². The van der Waals surface area contributed by atoms with Crippen LogP contribution >= 0.6 is 34.7 Å². The van der Waals surface area contributed by atoms with Crippen molar-refractivity contribution in [2.45, 2.75) is 37.6 Å². The third kappa shape index (κ3) is 4.00. The van der Waals surface area contributed by atoms with Crippen LogP contribution in [-0.4, -0.2) is 22.3 Å². The van der Waals surface area contributed by atoms with Gasteiger partial charge in [0.2, 0.25) is 0 Å². The summed E-state index contributed by atoms with van der Waals surface area (Å²) in [5, 5.41) is 3.17. The number of rotatable bonds is 6. The molecule has 0 fully saturated rings. The van der Waals surface area contributed by atoms with Gasteiger partial charge in [-0.05, 0) is 61.4 Å². The Labute approximate surface area is 167 Å². The molecule has 0 aliphatic heterocycles. The Balaban J connectivity index is 1.37. The van der Waals surface area contributed by atoms with E-state index < -0.39 is 0 Å². The number of aryl methyl sites for hydroxylation is 1. The van der Waals surface area contributed by atoms with Crippen molar-refractivity contribution in [3.8, 4) is 5.75 Å². The molecule has 6 heteroatoms. The van der Waals surface area contributed by atoms with Crippen LogP contribution in [0.5, 0.6) is 5.75 Å². The maximum absolute atomic E-state index is 5.89. The standard InChI is InChI=1S/C20H21ClN2OS2/c1-13-3-8-16-17(11-13)26-20-18(16)19(22-12-23-20)25-10-2-9-24-15-6-4-14(21)5-7-15/h4-7,12-13H,2-3,8-11H2,1H3. The molecule has 3 nitrogen and oxygen atoms in total. The van der Waals surface area contributed by atoms with Gasteiger partial charge >= 0.3 is 0 Å². The van der Waals surface area contributed by atoms with Crippen molar-refractivity contribution in [3.63, 3.8) is 0 Å². The summed E-state index contributed by atoms with van der Waals surface area (Å²) in [6.07, 6.45) is 6.31. The maximum Gasteiger partial charge on any atom is 0.128 e. The number of halogens is 1. The van der Waals surface area contributed by atoms with E-state index in [0.29, 0.717) is 6.61 Å². The van der Waals surface area contributed by atoms with E-state index in [1.165, 1.54) is 28.7 Å². The molecule has 136 valence electrons. The first-order valence-corrected chi connectivity index (χ1v) is 11.1.